The molecule has 0 radical (unpaired) electrons. The number of anilines is 6. The van der Waals surface area contributed by atoms with E-state index in [1.807, 2.05) is 0 Å². The van der Waals surface area contributed by atoms with Gasteiger partial charge in [-0.1, -0.05) is 151 Å². The molecule has 6 atom stereocenters. The second-order valence-corrected chi connectivity index (χ2v) is 23.3. The molecule has 0 amide bonds. The topological polar surface area (TPSA) is 6.48 Å². The van der Waals surface area contributed by atoms with Crippen molar-refractivity contribution >= 4 is 57.2 Å². The molecule has 6 aliphatic carbocycles. The second-order valence-electron chi connectivity index (χ2n) is 23.3. The smallest absolute Gasteiger partial charge is 0.252 e. The van der Waals surface area contributed by atoms with Crippen LogP contribution in [0.4, 0.5) is 34.1 Å². The lowest BCUT2D eigenvalue weighted by molar-refractivity contribution is 0.0990. The molecule has 3 heteroatoms. The molecule has 2 nitrogen and oxygen atoms in total. The summed E-state index contributed by atoms with van der Waals surface area (Å²) in [7, 11) is 0. The number of hydrogen-bond donors (Lipinski definition) is 0. The van der Waals surface area contributed by atoms with Crippen LogP contribution in [0.25, 0.3) is 22.3 Å². The van der Waals surface area contributed by atoms with Crippen molar-refractivity contribution in [2.75, 3.05) is 9.80 Å². The van der Waals surface area contributed by atoms with Crippen LogP contribution in [-0.4, -0.2) is 6.71 Å². The van der Waals surface area contributed by atoms with Gasteiger partial charge in [-0.3, -0.25) is 0 Å². The van der Waals surface area contributed by atoms with E-state index in [-0.39, 0.29) is 39.2 Å². The highest BCUT2D eigenvalue weighted by molar-refractivity contribution is 7.00. The molecule has 4 fully saturated rings. The summed E-state index contributed by atoms with van der Waals surface area (Å²) in [6.07, 6.45) is 7.69. The van der Waals surface area contributed by atoms with Gasteiger partial charge >= 0.3 is 0 Å². The largest absolute Gasteiger partial charge is 0.311 e. The molecule has 2 heterocycles. The SMILES string of the molecule is CC1(C)[C@H]2CC[C@]1(C)[C@@]1(C2)c2ccccc2-c2cc3c(cc21)N(c1cccc2c1-c1ccccc1[C@@]21C[C@@H]2CC[C@@]1(C)C2(C)C)c1cccc2c1B3c1ccccc1N2c1ccccc1. The molecule has 318 valence electrons. The minimum Gasteiger partial charge on any atom is -0.311 e. The van der Waals surface area contributed by atoms with Gasteiger partial charge in [-0.15, -0.1) is 0 Å². The monoisotopic (exact) mass is 840 g/mol. The molecule has 2 aliphatic heterocycles. The molecule has 7 aromatic rings. The number of nitrogens with zero attached hydrogens (tertiary/aromatic N) is 2. The molecule has 0 aromatic heterocycles. The summed E-state index contributed by atoms with van der Waals surface area (Å²) >= 11 is 0. The standard InChI is InChI=1S/C62H57BN2/c1-57(2)38-30-32-59(57,5)61(36-38)45-23-13-11-21-42(45)55-46(61)24-16-27-51(55)65-53-29-17-28-52-56(53)63(48-25-14-15-26-50(48)64(52)40-18-8-7-9-19-40)49-34-43-41-20-10-12-22-44(41)62(47(43)35-54(49)65)37-39-31-33-60(62,6)58(39,3)4/h7-29,34-35,38-39H,30-33,36-37H2,1-6H3/t38-,39-,59-,60-,61-,62-/m0/s1. The number of rotatable bonds is 2. The van der Waals surface area contributed by atoms with Gasteiger partial charge < -0.3 is 9.80 Å². The van der Waals surface area contributed by atoms with Gasteiger partial charge in [0.05, 0.1) is 5.69 Å². The van der Waals surface area contributed by atoms with Crippen molar-refractivity contribution in [1.29, 1.82) is 0 Å². The van der Waals surface area contributed by atoms with Gasteiger partial charge in [-0.05, 0) is 170 Å². The molecular formula is C62H57BN2. The van der Waals surface area contributed by atoms with E-state index in [0.29, 0.717) is 11.8 Å². The predicted molar refractivity (Wildman–Crippen MR) is 271 cm³/mol. The van der Waals surface area contributed by atoms with Crippen LogP contribution in [0, 0.1) is 33.5 Å². The van der Waals surface area contributed by atoms with E-state index < -0.39 is 0 Å². The first-order valence-corrected chi connectivity index (χ1v) is 24.9. The van der Waals surface area contributed by atoms with Gasteiger partial charge in [0.25, 0.3) is 6.71 Å². The first kappa shape index (κ1) is 37.4. The lowest BCUT2D eigenvalue weighted by Crippen LogP contribution is -2.61. The zero-order valence-corrected chi connectivity index (χ0v) is 38.8. The van der Waals surface area contributed by atoms with Crippen molar-refractivity contribution in [2.45, 2.75) is 90.9 Å². The third-order valence-electron chi connectivity index (χ3n) is 21.4. The first-order valence-electron chi connectivity index (χ1n) is 24.9. The zero-order chi connectivity index (χ0) is 43.6. The maximum absolute atomic E-state index is 2.79. The van der Waals surface area contributed by atoms with Crippen molar-refractivity contribution < 1.29 is 0 Å². The van der Waals surface area contributed by atoms with Gasteiger partial charge in [-0.2, -0.15) is 0 Å². The number of para-hydroxylation sites is 2. The van der Waals surface area contributed by atoms with E-state index in [1.165, 1.54) is 111 Å². The molecule has 65 heavy (non-hydrogen) atoms. The number of hydrogen-bond acceptors (Lipinski definition) is 2. The minimum atomic E-state index is -0.0404. The highest BCUT2D eigenvalue weighted by Gasteiger charge is 2.73. The summed E-state index contributed by atoms with van der Waals surface area (Å²) in [5.74, 6) is 1.41. The number of benzene rings is 7. The van der Waals surface area contributed by atoms with Crippen LogP contribution in [-0.2, 0) is 10.8 Å². The number of fused-ring (bicyclic) bond motifs is 20. The van der Waals surface area contributed by atoms with Crippen LogP contribution in [0.1, 0.15) is 102 Å². The zero-order valence-electron chi connectivity index (χ0n) is 38.8. The Bertz CT molecular complexity index is 3270. The molecule has 7 aromatic carbocycles. The molecule has 0 unspecified atom stereocenters. The van der Waals surface area contributed by atoms with Gasteiger partial charge in [0.15, 0.2) is 0 Å². The van der Waals surface area contributed by atoms with Crippen molar-refractivity contribution in [3.05, 3.63) is 174 Å². The Kier molecular flexibility index (Phi) is 6.78. The maximum atomic E-state index is 2.79. The summed E-state index contributed by atoms with van der Waals surface area (Å²) in [6, 6.07) is 59.8. The normalized spacial score (nSPS) is 30.0. The highest BCUT2D eigenvalue weighted by atomic mass is 15.2. The highest BCUT2D eigenvalue weighted by Crippen LogP contribution is 2.80. The minimum absolute atomic E-state index is 0.0193. The summed E-state index contributed by atoms with van der Waals surface area (Å²) < 4.78 is 0. The van der Waals surface area contributed by atoms with E-state index in [2.05, 4.69) is 203 Å². The fraction of sp³-hybridized carbons (Fsp3) is 0.323. The van der Waals surface area contributed by atoms with Gasteiger partial charge in [-0.25, -0.2) is 0 Å². The Balaban J connectivity index is 1.06. The molecule has 2 spiro atoms. The summed E-state index contributed by atoms with van der Waals surface area (Å²) in [6.45, 7) is 15.8. The molecular weight excluding hydrogens is 784 g/mol. The lowest BCUT2D eigenvalue weighted by Gasteiger charge is -2.49. The average Bonchev–Trinajstić information content (AvgIpc) is 4.02. The summed E-state index contributed by atoms with van der Waals surface area (Å²) in [5.41, 5.74) is 24.8. The average molecular weight is 841 g/mol. The Morgan fingerprint density at radius 3 is 1.65 bits per heavy atom. The van der Waals surface area contributed by atoms with Gasteiger partial charge in [0.2, 0.25) is 0 Å². The third kappa shape index (κ3) is 3.90. The third-order valence-corrected chi connectivity index (χ3v) is 21.4. The molecule has 0 saturated heterocycles. The van der Waals surface area contributed by atoms with E-state index in [4.69, 9.17) is 0 Å². The quantitative estimate of drug-likeness (QED) is 0.160. The molecule has 4 bridgehead atoms. The maximum Gasteiger partial charge on any atom is 0.252 e. The fourth-order valence-electron chi connectivity index (χ4n) is 17.7. The Morgan fingerprint density at radius 2 is 0.969 bits per heavy atom. The predicted octanol–water partition coefficient (Wildman–Crippen LogP) is 14.0. The van der Waals surface area contributed by atoms with E-state index >= 15 is 0 Å². The fourth-order valence-corrected chi connectivity index (χ4v) is 17.7. The Hall–Kier alpha value is -5.80. The molecule has 8 aliphatic rings. The summed E-state index contributed by atoms with van der Waals surface area (Å²) in [4.78, 5) is 5.33. The van der Waals surface area contributed by atoms with Crippen LogP contribution in [0.2, 0.25) is 0 Å². The van der Waals surface area contributed by atoms with Gasteiger partial charge in [0.1, 0.15) is 0 Å². The van der Waals surface area contributed by atoms with Crippen LogP contribution in [0.15, 0.2) is 152 Å². The molecule has 0 N–H and O–H groups in total. The van der Waals surface area contributed by atoms with Crippen molar-refractivity contribution in [3.63, 3.8) is 0 Å². The van der Waals surface area contributed by atoms with E-state index in [0.717, 1.165) is 0 Å². The van der Waals surface area contributed by atoms with Crippen LogP contribution >= 0.6 is 0 Å². The van der Waals surface area contributed by atoms with Crippen LogP contribution < -0.4 is 26.2 Å². The van der Waals surface area contributed by atoms with Crippen molar-refractivity contribution in [2.24, 2.45) is 33.5 Å². The lowest BCUT2D eigenvalue weighted by atomic mass is 9.33. The Labute approximate surface area is 385 Å². The summed E-state index contributed by atoms with van der Waals surface area (Å²) in [5, 5.41) is 0. The van der Waals surface area contributed by atoms with E-state index in [9.17, 15) is 0 Å². The second kappa shape index (κ2) is 11.8. The molecule has 15 rings (SSSR count). The van der Waals surface area contributed by atoms with E-state index in [1.54, 1.807) is 22.3 Å². The van der Waals surface area contributed by atoms with Crippen LogP contribution in [0.5, 0.6) is 0 Å². The van der Waals surface area contributed by atoms with Crippen LogP contribution in [0.3, 0.4) is 0 Å². The first-order chi connectivity index (χ1) is 31.5. The Morgan fingerprint density at radius 1 is 0.431 bits per heavy atom. The molecule has 4 saturated carbocycles. The van der Waals surface area contributed by atoms with Gasteiger partial charge in [0, 0.05) is 44.8 Å². The van der Waals surface area contributed by atoms with Crippen molar-refractivity contribution in [1.82, 2.24) is 0 Å². The van der Waals surface area contributed by atoms with Crippen molar-refractivity contribution in [3.8, 4) is 22.3 Å².